The van der Waals surface area contributed by atoms with Crippen molar-refractivity contribution in [1.82, 2.24) is 0 Å². The maximum Gasteiger partial charge on any atom is 0.573 e. The van der Waals surface area contributed by atoms with E-state index in [1.807, 2.05) is 0 Å². The second kappa shape index (κ2) is 3.35. The van der Waals surface area contributed by atoms with Gasteiger partial charge < -0.3 is 4.74 Å². The molecule has 0 saturated carbocycles. The summed E-state index contributed by atoms with van der Waals surface area (Å²) >= 11 is 2.97. The fourth-order valence-electron chi connectivity index (χ4n) is 0.615. The Morgan fingerprint density at radius 1 is 1.42 bits per heavy atom. The zero-order valence-electron chi connectivity index (χ0n) is 5.65. The largest absolute Gasteiger partial charge is 0.573 e. The quantitative estimate of drug-likeness (QED) is 0.732. The van der Waals surface area contributed by atoms with Gasteiger partial charge in [-0.2, -0.15) is 0 Å². The molecule has 1 nitrogen and oxygen atoms in total. The first-order chi connectivity index (χ1) is 5.47. The van der Waals surface area contributed by atoms with Crippen LogP contribution in [0.4, 0.5) is 13.2 Å². The van der Waals surface area contributed by atoms with Gasteiger partial charge in [-0.15, -0.1) is 13.2 Å². The molecule has 5 heteroatoms. The van der Waals surface area contributed by atoms with E-state index in [0.717, 1.165) is 0 Å². The van der Waals surface area contributed by atoms with E-state index >= 15 is 0 Å². The molecule has 0 aliphatic heterocycles. The Balaban J connectivity index is 2.77. The molecule has 0 aromatic heterocycles. The van der Waals surface area contributed by atoms with Crippen molar-refractivity contribution < 1.29 is 17.9 Å². The number of hydrogen-bond donors (Lipinski definition) is 0. The minimum atomic E-state index is -4.64. The third-order valence-corrected chi connectivity index (χ3v) is 1.43. The van der Waals surface area contributed by atoms with Crippen LogP contribution in [0, 0.1) is 6.07 Å². The molecule has 12 heavy (non-hydrogen) atoms. The van der Waals surface area contributed by atoms with Crippen LogP contribution in [0.5, 0.6) is 5.75 Å². The molecule has 65 valence electrons. The molecule has 0 fully saturated rings. The Hall–Kier alpha value is -0.710. The predicted octanol–water partition coefficient (Wildman–Crippen LogP) is 3.15. The highest BCUT2D eigenvalue weighted by Crippen LogP contribution is 2.24. The molecule has 0 unspecified atom stereocenters. The smallest absolute Gasteiger partial charge is 0.406 e. The number of ether oxygens (including phenoxy) is 1. The van der Waals surface area contributed by atoms with Gasteiger partial charge in [-0.3, -0.25) is 0 Å². The van der Waals surface area contributed by atoms with Gasteiger partial charge in [0, 0.05) is 4.47 Å². The van der Waals surface area contributed by atoms with Crippen molar-refractivity contribution in [1.29, 1.82) is 0 Å². The highest BCUT2D eigenvalue weighted by Gasteiger charge is 2.30. The summed E-state index contributed by atoms with van der Waals surface area (Å²) in [6, 6.07) is 6.33. The zero-order chi connectivity index (χ0) is 9.19. The Kier molecular flexibility index (Phi) is 2.62. The molecule has 1 aromatic carbocycles. The molecular weight excluding hydrogens is 237 g/mol. The van der Waals surface area contributed by atoms with Gasteiger partial charge >= 0.3 is 6.36 Å². The topological polar surface area (TPSA) is 9.23 Å². The number of halogens is 4. The summed E-state index contributed by atoms with van der Waals surface area (Å²) in [5.74, 6) is -0.256. The van der Waals surface area contributed by atoms with Crippen molar-refractivity contribution in [3.8, 4) is 5.75 Å². The van der Waals surface area contributed by atoms with E-state index in [1.54, 1.807) is 0 Å². The van der Waals surface area contributed by atoms with Gasteiger partial charge in [-0.05, 0) is 24.3 Å². The lowest BCUT2D eigenvalue weighted by Crippen LogP contribution is -2.16. The third kappa shape index (κ3) is 3.13. The Bertz CT molecular complexity index is 272. The van der Waals surface area contributed by atoms with Gasteiger partial charge in [0.15, 0.2) is 0 Å². The van der Waals surface area contributed by atoms with E-state index in [9.17, 15) is 13.2 Å². The average Bonchev–Trinajstić information content (AvgIpc) is 1.82. The molecule has 0 saturated heterocycles. The molecule has 0 aliphatic rings. The highest BCUT2D eigenvalue weighted by molar-refractivity contribution is 9.10. The monoisotopic (exact) mass is 239 g/mol. The molecular formula is C7H3BrF3O. The molecule has 0 atom stereocenters. The van der Waals surface area contributed by atoms with Crippen LogP contribution < -0.4 is 4.74 Å². The molecule has 0 N–H and O–H groups in total. The number of hydrogen-bond acceptors (Lipinski definition) is 1. The predicted molar refractivity (Wildman–Crippen MR) is 39.7 cm³/mol. The third-order valence-electron chi connectivity index (χ3n) is 0.971. The SMILES string of the molecule is FC(F)(F)Oc1cc[c]c(Br)c1. The normalized spacial score (nSPS) is 11.3. The summed E-state index contributed by atoms with van der Waals surface area (Å²) in [6.45, 7) is 0. The van der Waals surface area contributed by atoms with E-state index < -0.39 is 6.36 Å². The fraction of sp³-hybridized carbons (Fsp3) is 0.143. The van der Waals surface area contributed by atoms with Gasteiger partial charge in [0.25, 0.3) is 0 Å². The van der Waals surface area contributed by atoms with Crippen molar-refractivity contribution in [3.05, 3.63) is 28.7 Å². The maximum atomic E-state index is 11.6. The van der Waals surface area contributed by atoms with Crippen molar-refractivity contribution >= 4 is 15.9 Å². The second-order valence-electron chi connectivity index (χ2n) is 1.92. The van der Waals surface area contributed by atoms with E-state index in [1.165, 1.54) is 18.2 Å². The Labute approximate surface area is 75.3 Å². The summed E-state index contributed by atoms with van der Waals surface area (Å²) < 4.78 is 38.9. The average molecular weight is 240 g/mol. The van der Waals surface area contributed by atoms with Gasteiger partial charge in [0.1, 0.15) is 5.75 Å². The van der Waals surface area contributed by atoms with E-state index in [0.29, 0.717) is 4.47 Å². The van der Waals surface area contributed by atoms with E-state index in [4.69, 9.17) is 0 Å². The van der Waals surface area contributed by atoms with Crippen molar-refractivity contribution in [2.24, 2.45) is 0 Å². The summed E-state index contributed by atoms with van der Waals surface area (Å²) in [5.41, 5.74) is 0. The Morgan fingerprint density at radius 3 is 2.58 bits per heavy atom. The molecule has 0 bridgehead atoms. The molecule has 0 aliphatic carbocycles. The van der Waals surface area contributed by atoms with Gasteiger partial charge in [-0.25, -0.2) is 0 Å². The lowest BCUT2D eigenvalue weighted by molar-refractivity contribution is -0.274. The first-order valence-corrected chi connectivity index (χ1v) is 3.70. The van der Waals surface area contributed by atoms with Crippen LogP contribution in [0.1, 0.15) is 0 Å². The van der Waals surface area contributed by atoms with Crippen molar-refractivity contribution in [3.63, 3.8) is 0 Å². The molecule has 0 amide bonds. The lowest BCUT2D eigenvalue weighted by atomic mass is 10.3. The summed E-state index contributed by atoms with van der Waals surface area (Å²) in [5, 5.41) is 0. The highest BCUT2D eigenvalue weighted by atomic mass is 79.9. The molecule has 1 aromatic rings. The second-order valence-corrected chi connectivity index (χ2v) is 2.77. The van der Waals surface area contributed by atoms with Crippen LogP contribution in [0.25, 0.3) is 0 Å². The first kappa shape index (κ1) is 9.38. The maximum absolute atomic E-state index is 11.6. The summed E-state index contributed by atoms with van der Waals surface area (Å²) in [6.07, 6.45) is -4.64. The van der Waals surface area contributed by atoms with Gasteiger partial charge in [-0.1, -0.05) is 15.9 Å². The molecule has 0 heterocycles. The summed E-state index contributed by atoms with van der Waals surface area (Å²) in [4.78, 5) is 0. The molecule has 0 spiro atoms. The number of alkyl halides is 3. The number of rotatable bonds is 1. The fourth-order valence-corrected chi connectivity index (χ4v) is 0.973. The zero-order valence-corrected chi connectivity index (χ0v) is 7.24. The van der Waals surface area contributed by atoms with Crippen LogP contribution in [0.15, 0.2) is 22.7 Å². The number of benzene rings is 1. The van der Waals surface area contributed by atoms with E-state index in [2.05, 4.69) is 26.7 Å². The van der Waals surface area contributed by atoms with Gasteiger partial charge in [0.2, 0.25) is 0 Å². The Morgan fingerprint density at radius 2 is 2.08 bits per heavy atom. The van der Waals surface area contributed by atoms with Crippen LogP contribution in [-0.2, 0) is 0 Å². The minimum absolute atomic E-state index is 0.256. The van der Waals surface area contributed by atoms with Crippen LogP contribution in [0.2, 0.25) is 0 Å². The lowest BCUT2D eigenvalue weighted by Gasteiger charge is -2.07. The van der Waals surface area contributed by atoms with Gasteiger partial charge in [0.05, 0.1) is 0 Å². The van der Waals surface area contributed by atoms with Crippen LogP contribution in [0.3, 0.4) is 0 Å². The minimum Gasteiger partial charge on any atom is -0.406 e. The standard InChI is InChI=1S/C7H3BrF3O/c8-5-2-1-3-6(4-5)12-7(9,10)11/h1,3-4H. The molecule has 1 radical (unpaired) electrons. The van der Waals surface area contributed by atoms with Crippen LogP contribution in [-0.4, -0.2) is 6.36 Å². The van der Waals surface area contributed by atoms with Crippen molar-refractivity contribution in [2.75, 3.05) is 0 Å². The van der Waals surface area contributed by atoms with Crippen LogP contribution >= 0.6 is 15.9 Å². The molecule has 1 rings (SSSR count). The first-order valence-electron chi connectivity index (χ1n) is 2.90. The van der Waals surface area contributed by atoms with E-state index in [-0.39, 0.29) is 5.75 Å². The summed E-state index contributed by atoms with van der Waals surface area (Å²) in [7, 11) is 0. The van der Waals surface area contributed by atoms with Crippen molar-refractivity contribution in [2.45, 2.75) is 6.36 Å².